The van der Waals surface area contributed by atoms with Crippen LogP contribution in [0.15, 0.2) is 30.3 Å². The van der Waals surface area contributed by atoms with Gasteiger partial charge in [0, 0.05) is 18.0 Å². The zero-order valence-corrected chi connectivity index (χ0v) is 8.33. The molecule has 0 saturated carbocycles. The molecule has 0 saturated heterocycles. The Morgan fingerprint density at radius 2 is 1.77 bits per heavy atom. The zero-order valence-electron chi connectivity index (χ0n) is 8.33. The maximum absolute atomic E-state index is 5.96. The molecule has 0 aliphatic carbocycles. The van der Waals surface area contributed by atoms with Crippen molar-refractivity contribution in [1.29, 1.82) is 0 Å². The van der Waals surface area contributed by atoms with Gasteiger partial charge in [-0.15, -0.1) is 0 Å². The molecule has 0 aliphatic rings. The largest absolute Gasteiger partial charge is 0.329 e. The van der Waals surface area contributed by atoms with Gasteiger partial charge in [-0.3, -0.25) is 0 Å². The van der Waals surface area contributed by atoms with Crippen LogP contribution in [0.5, 0.6) is 0 Å². The summed E-state index contributed by atoms with van der Waals surface area (Å²) in [5.74, 6) is 0. The highest BCUT2D eigenvalue weighted by Crippen LogP contribution is 2.25. The van der Waals surface area contributed by atoms with Gasteiger partial charge in [0.05, 0.1) is 0 Å². The highest BCUT2D eigenvalue weighted by Gasteiger charge is 2.26. The SMILES string of the molecule is CC(C)(c1ccccc1)C(N)CN. The Kier molecular flexibility index (Phi) is 3.07. The Hall–Kier alpha value is -0.860. The molecule has 0 aromatic heterocycles. The average Bonchev–Trinajstić information content (AvgIpc) is 2.18. The first-order valence-electron chi connectivity index (χ1n) is 4.60. The first kappa shape index (κ1) is 10.2. The maximum atomic E-state index is 5.96. The quantitative estimate of drug-likeness (QED) is 0.732. The first-order valence-corrected chi connectivity index (χ1v) is 4.60. The fraction of sp³-hybridized carbons (Fsp3) is 0.455. The average molecular weight is 178 g/mol. The lowest BCUT2D eigenvalue weighted by molar-refractivity contribution is 0.415. The van der Waals surface area contributed by atoms with Gasteiger partial charge in [-0.05, 0) is 5.56 Å². The van der Waals surface area contributed by atoms with E-state index in [2.05, 4.69) is 26.0 Å². The van der Waals surface area contributed by atoms with Crippen molar-refractivity contribution in [3.63, 3.8) is 0 Å². The molecule has 0 amide bonds. The lowest BCUT2D eigenvalue weighted by Gasteiger charge is -2.31. The molecule has 0 fully saturated rings. The fourth-order valence-corrected chi connectivity index (χ4v) is 1.38. The van der Waals surface area contributed by atoms with E-state index in [4.69, 9.17) is 11.5 Å². The van der Waals surface area contributed by atoms with Crippen LogP contribution in [0.3, 0.4) is 0 Å². The van der Waals surface area contributed by atoms with Gasteiger partial charge in [0.25, 0.3) is 0 Å². The summed E-state index contributed by atoms with van der Waals surface area (Å²) in [6, 6.07) is 10.3. The number of rotatable bonds is 3. The van der Waals surface area contributed by atoms with Gasteiger partial charge < -0.3 is 11.5 Å². The van der Waals surface area contributed by atoms with Gasteiger partial charge in [-0.2, -0.15) is 0 Å². The third-order valence-electron chi connectivity index (χ3n) is 2.70. The van der Waals surface area contributed by atoms with Crippen molar-refractivity contribution in [2.75, 3.05) is 6.54 Å². The topological polar surface area (TPSA) is 52.0 Å². The highest BCUT2D eigenvalue weighted by molar-refractivity contribution is 5.25. The lowest BCUT2D eigenvalue weighted by Crippen LogP contribution is -2.46. The number of hydrogen-bond acceptors (Lipinski definition) is 2. The molecule has 1 unspecified atom stereocenters. The predicted octanol–water partition coefficient (Wildman–Crippen LogP) is 1.25. The molecule has 4 N–H and O–H groups in total. The summed E-state index contributed by atoms with van der Waals surface area (Å²) in [4.78, 5) is 0. The molecule has 0 spiro atoms. The van der Waals surface area contributed by atoms with Crippen molar-refractivity contribution < 1.29 is 0 Å². The monoisotopic (exact) mass is 178 g/mol. The molecule has 2 heteroatoms. The number of nitrogens with two attached hydrogens (primary N) is 2. The molecule has 1 aromatic rings. The molecule has 0 radical (unpaired) electrons. The van der Waals surface area contributed by atoms with Gasteiger partial charge >= 0.3 is 0 Å². The second-order valence-corrected chi connectivity index (χ2v) is 3.93. The molecule has 0 aliphatic heterocycles. The Morgan fingerprint density at radius 3 is 2.23 bits per heavy atom. The van der Waals surface area contributed by atoms with E-state index < -0.39 is 0 Å². The predicted molar refractivity (Wildman–Crippen MR) is 56.5 cm³/mol. The highest BCUT2D eigenvalue weighted by atomic mass is 14.7. The Bertz CT molecular complexity index is 254. The Labute approximate surface area is 79.9 Å². The lowest BCUT2D eigenvalue weighted by atomic mass is 9.78. The van der Waals surface area contributed by atoms with Crippen LogP contribution in [0.4, 0.5) is 0 Å². The molecule has 0 bridgehead atoms. The van der Waals surface area contributed by atoms with Crippen molar-refractivity contribution in [1.82, 2.24) is 0 Å². The first-order chi connectivity index (χ1) is 6.09. The van der Waals surface area contributed by atoms with E-state index in [-0.39, 0.29) is 11.5 Å². The van der Waals surface area contributed by atoms with Crippen LogP contribution in [-0.4, -0.2) is 12.6 Å². The summed E-state index contributed by atoms with van der Waals surface area (Å²) in [6.45, 7) is 4.77. The fourth-order valence-electron chi connectivity index (χ4n) is 1.38. The molecule has 0 heterocycles. The van der Waals surface area contributed by atoms with E-state index in [0.29, 0.717) is 6.54 Å². The van der Waals surface area contributed by atoms with E-state index in [1.54, 1.807) is 0 Å². The van der Waals surface area contributed by atoms with Crippen LogP contribution in [0.1, 0.15) is 19.4 Å². The third kappa shape index (κ3) is 2.08. The van der Waals surface area contributed by atoms with Crippen molar-refractivity contribution >= 4 is 0 Å². The molecule has 1 atom stereocenters. The maximum Gasteiger partial charge on any atom is 0.0256 e. The molecular weight excluding hydrogens is 160 g/mol. The van der Waals surface area contributed by atoms with Gasteiger partial charge in [0.15, 0.2) is 0 Å². The van der Waals surface area contributed by atoms with Crippen LogP contribution in [-0.2, 0) is 5.41 Å². The van der Waals surface area contributed by atoms with E-state index in [9.17, 15) is 0 Å². The standard InChI is InChI=1S/C11H18N2/c1-11(2,10(13)8-12)9-6-4-3-5-7-9/h3-7,10H,8,12-13H2,1-2H3. The van der Waals surface area contributed by atoms with Crippen LogP contribution >= 0.6 is 0 Å². The molecule has 13 heavy (non-hydrogen) atoms. The minimum absolute atomic E-state index is 0.00917. The number of benzene rings is 1. The van der Waals surface area contributed by atoms with E-state index in [1.807, 2.05) is 18.2 Å². The summed E-state index contributed by atoms with van der Waals surface area (Å²) >= 11 is 0. The van der Waals surface area contributed by atoms with E-state index in [0.717, 1.165) is 0 Å². The Balaban J connectivity index is 2.93. The normalized spacial score (nSPS) is 14.2. The second kappa shape index (κ2) is 3.90. The molecule has 1 rings (SSSR count). The van der Waals surface area contributed by atoms with Crippen molar-refractivity contribution in [2.45, 2.75) is 25.3 Å². The van der Waals surface area contributed by atoms with Gasteiger partial charge in [-0.25, -0.2) is 0 Å². The second-order valence-electron chi connectivity index (χ2n) is 3.93. The summed E-state index contributed by atoms with van der Waals surface area (Å²) in [5.41, 5.74) is 12.7. The van der Waals surface area contributed by atoms with Crippen LogP contribution in [0, 0.1) is 0 Å². The van der Waals surface area contributed by atoms with Crippen LogP contribution < -0.4 is 11.5 Å². The van der Waals surface area contributed by atoms with Crippen LogP contribution in [0.25, 0.3) is 0 Å². The Morgan fingerprint density at radius 1 is 1.23 bits per heavy atom. The third-order valence-corrected chi connectivity index (χ3v) is 2.70. The van der Waals surface area contributed by atoms with Crippen molar-refractivity contribution in [2.24, 2.45) is 11.5 Å². The molecule has 1 aromatic carbocycles. The molecular formula is C11H18N2. The summed E-state index contributed by atoms with van der Waals surface area (Å²) in [6.07, 6.45) is 0. The summed E-state index contributed by atoms with van der Waals surface area (Å²) < 4.78 is 0. The zero-order chi connectivity index (χ0) is 9.90. The van der Waals surface area contributed by atoms with Crippen molar-refractivity contribution in [3.8, 4) is 0 Å². The van der Waals surface area contributed by atoms with E-state index in [1.165, 1.54) is 5.56 Å². The smallest absolute Gasteiger partial charge is 0.0256 e. The minimum atomic E-state index is -0.0456. The van der Waals surface area contributed by atoms with Gasteiger partial charge in [-0.1, -0.05) is 44.2 Å². The summed E-state index contributed by atoms with van der Waals surface area (Å²) in [5, 5.41) is 0. The number of hydrogen-bond donors (Lipinski definition) is 2. The minimum Gasteiger partial charge on any atom is -0.329 e. The van der Waals surface area contributed by atoms with Crippen LogP contribution in [0.2, 0.25) is 0 Å². The van der Waals surface area contributed by atoms with Gasteiger partial charge in [0.2, 0.25) is 0 Å². The molecule has 72 valence electrons. The van der Waals surface area contributed by atoms with Crippen molar-refractivity contribution in [3.05, 3.63) is 35.9 Å². The molecule has 2 nitrogen and oxygen atoms in total. The van der Waals surface area contributed by atoms with Gasteiger partial charge in [0.1, 0.15) is 0 Å². The van der Waals surface area contributed by atoms with E-state index >= 15 is 0 Å². The summed E-state index contributed by atoms with van der Waals surface area (Å²) in [7, 11) is 0.